The summed E-state index contributed by atoms with van der Waals surface area (Å²) in [6.07, 6.45) is 3.43. The molecule has 2 heteroatoms. The first-order valence-electron chi connectivity index (χ1n) is 6.53. The van der Waals surface area contributed by atoms with Crippen molar-refractivity contribution in [2.75, 3.05) is 0 Å². The normalized spacial score (nSPS) is 16.5. The predicted molar refractivity (Wildman–Crippen MR) is 74.5 cm³/mol. The van der Waals surface area contributed by atoms with Crippen molar-refractivity contribution in [3.8, 4) is 11.5 Å². The molecule has 1 heterocycles. The molecule has 0 unspecified atom stereocenters. The van der Waals surface area contributed by atoms with Crippen LogP contribution in [0.1, 0.15) is 50.3 Å². The van der Waals surface area contributed by atoms with Gasteiger partial charge >= 0.3 is 0 Å². The van der Waals surface area contributed by atoms with Gasteiger partial charge in [-0.05, 0) is 32.3 Å². The Labute approximate surface area is 109 Å². The molecule has 0 spiro atoms. The number of hydrogen-bond acceptors (Lipinski definition) is 2. The van der Waals surface area contributed by atoms with Gasteiger partial charge in [0, 0.05) is 23.1 Å². The molecular weight excluding hydrogens is 224 g/mol. The topological polar surface area (TPSA) is 29.5 Å². The molecule has 1 aliphatic heterocycles. The van der Waals surface area contributed by atoms with Gasteiger partial charge in [0.1, 0.15) is 17.1 Å². The molecule has 1 N–H and O–H groups in total. The van der Waals surface area contributed by atoms with Crippen molar-refractivity contribution in [2.45, 2.75) is 52.1 Å². The maximum atomic E-state index is 10.2. The lowest BCUT2D eigenvalue weighted by Gasteiger charge is -2.18. The zero-order chi connectivity index (χ0) is 13.5. The van der Waals surface area contributed by atoms with E-state index in [4.69, 9.17) is 4.74 Å². The lowest BCUT2D eigenvalue weighted by molar-refractivity contribution is 0.137. The molecule has 0 fully saturated rings. The van der Waals surface area contributed by atoms with Gasteiger partial charge in [-0.1, -0.05) is 19.9 Å². The van der Waals surface area contributed by atoms with E-state index in [9.17, 15) is 5.11 Å². The van der Waals surface area contributed by atoms with Gasteiger partial charge in [0.25, 0.3) is 0 Å². The molecule has 98 valence electrons. The summed E-state index contributed by atoms with van der Waals surface area (Å²) in [5.41, 5.74) is 3.05. The molecule has 0 radical (unpaired) electrons. The summed E-state index contributed by atoms with van der Waals surface area (Å²) >= 11 is 0. The van der Waals surface area contributed by atoms with E-state index in [2.05, 4.69) is 34.3 Å². The minimum Gasteiger partial charge on any atom is -0.508 e. The van der Waals surface area contributed by atoms with Gasteiger partial charge < -0.3 is 9.84 Å². The highest BCUT2D eigenvalue weighted by Crippen LogP contribution is 2.45. The molecule has 2 nitrogen and oxygen atoms in total. The number of hydrogen-bond donors (Lipinski definition) is 1. The van der Waals surface area contributed by atoms with E-state index in [1.165, 1.54) is 5.56 Å². The first kappa shape index (κ1) is 13.0. The van der Waals surface area contributed by atoms with Crippen molar-refractivity contribution in [3.63, 3.8) is 0 Å². The first-order valence-corrected chi connectivity index (χ1v) is 6.53. The van der Waals surface area contributed by atoms with Crippen LogP contribution in [0.2, 0.25) is 0 Å². The van der Waals surface area contributed by atoms with Crippen molar-refractivity contribution in [1.82, 2.24) is 0 Å². The summed E-state index contributed by atoms with van der Waals surface area (Å²) in [4.78, 5) is 0. The van der Waals surface area contributed by atoms with Gasteiger partial charge in [0.15, 0.2) is 0 Å². The number of fused-ring (bicyclic) bond motifs is 1. The second kappa shape index (κ2) is 4.34. The second-order valence-electron chi connectivity index (χ2n) is 5.96. The summed E-state index contributed by atoms with van der Waals surface area (Å²) in [7, 11) is 0. The van der Waals surface area contributed by atoms with Crippen molar-refractivity contribution in [2.24, 2.45) is 0 Å². The largest absolute Gasteiger partial charge is 0.508 e. The number of rotatable bonds is 3. The summed E-state index contributed by atoms with van der Waals surface area (Å²) in [6.45, 7) is 12.2. The van der Waals surface area contributed by atoms with Gasteiger partial charge in [0.05, 0.1) is 0 Å². The molecule has 0 saturated heterocycles. The van der Waals surface area contributed by atoms with Gasteiger partial charge in [-0.15, -0.1) is 6.58 Å². The van der Waals surface area contributed by atoms with Crippen LogP contribution in [0.5, 0.6) is 11.5 Å². The van der Waals surface area contributed by atoms with Crippen LogP contribution < -0.4 is 4.74 Å². The van der Waals surface area contributed by atoms with E-state index < -0.39 is 0 Å². The average molecular weight is 246 g/mol. The maximum absolute atomic E-state index is 10.2. The Morgan fingerprint density at radius 1 is 1.50 bits per heavy atom. The van der Waals surface area contributed by atoms with Crippen LogP contribution in [-0.2, 0) is 12.8 Å². The van der Waals surface area contributed by atoms with Gasteiger partial charge in [-0.3, -0.25) is 0 Å². The predicted octanol–water partition coefficient (Wildman–Crippen LogP) is 3.96. The van der Waals surface area contributed by atoms with Crippen LogP contribution in [0.4, 0.5) is 0 Å². The standard InChI is InChI=1S/C16H22O2/c1-6-7-11-8-13(17)14(10(2)3)12-9-16(4,5)18-15(11)12/h6,8,10,17H,1,7,9H2,2-5H3. The molecular formula is C16H22O2. The average Bonchev–Trinajstić information content (AvgIpc) is 2.53. The Balaban J connectivity index is 2.63. The third-order valence-electron chi connectivity index (χ3n) is 3.40. The van der Waals surface area contributed by atoms with Crippen LogP contribution in [0.3, 0.4) is 0 Å². The number of phenolic OH excluding ortho intramolecular Hbond substituents is 1. The van der Waals surface area contributed by atoms with Crippen molar-refractivity contribution < 1.29 is 9.84 Å². The number of benzene rings is 1. The summed E-state index contributed by atoms with van der Waals surface area (Å²) in [5.74, 6) is 1.65. The zero-order valence-electron chi connectivity index (χ0n) is 11.7. The Morgan fingerprint density at radius 3 is 2.72 bits per heavy atom. The minimum absolute atomic E-state index is 0.185. The fourth-order valence-corrected chi connectivity index (χ4v) is 2.77. The minimum atomic E-state index is -0.185. The highest BCUT2D eigenvalue weighted by atomic mass is 16.5. The summed E-state index contributed by atoms with van der Waals surface area (Å²) in [6, 6.07) is 1.83. The fourth-order valence-electron chi connectivity index (χ4n) is 2.77. The second-order valence-corrected chi connectivity index (χ2v) is 5.96. The third-order valence-corrected chi connectivity index (χ3v) is 3.40. The van der Waals surface area contributed by atoms with Gasteiger partial charge in [-0.25, -0.2) is 0 Å². The van der Waals surface area contributed by atoms with Crippen LogP contribution in [0.15, 0.2) is 18.7 Å². The summed E-state index contributed by atoms with van der Waals surface area (Å²) in [5, 5.41) is 10.2. The van der Waals surface area contributed by atoms with E-state index in [-0.39, 0.29) is 5.60 Å². The molecule has 0 aromatic heterocycles. The molecule has 0 aliphatic carbocycles. The lowest BCUT2D eigenvalue weighted by atomic mass is 9.89. The molecule has 0 atom stereocenters. The Kier molecular flexibility index (Phi) is 3.14. The van der Waals surface area contributed by atoms with Crippen molar-refractivity contribution in [3.05, 3.63) is 35.4 Å². The van der Waals surface area contributed by atoms with E-state index in [1.807, 2.05) is 12.1 Å². The van der Waals surface area contributed by atoms with Crippen LogP contribution >= 0.6 is 0 Å². The van der Waals surface area contributed by atoms with E-state index in [0.717, 1.165) is 29.7 Å². The fraction of sp³-hybridized carbons (Fsp3) is 0.500. The first-order chi connectivity index (χ1) is 8.35. The van der Waals surface area contributed by atoms with E-state index >= 15 is 0 Å². The molecule has 0 saturated carbocycles. The molecule has 0 amide bonds. The number of aromatic hydroxyl groups is 1. The lowest BCUT2D eigenvalue weighted by Crippen LogP contribution is -2.25. The smallest absolute Gasteiger partial charge is 0.127 e. The van der Waals surface area contributed by atoms with Crippen LogP contribution in [0.25, 0.3) is 0 Å². The molecule has 2 rings (SSSR count). The highest BCUT2D eigenvalue weighted by molar-refractivity contribution is 5.57. The molecule has 1 aromatic carbocycles. The molecule has 1 aliphatic rings. The van der Waals surface area contributed by atoms with E-state index in [0.29, 0.717) is 11.7 Å². The Morgan fingerprint density at radius 2 is 2.17 bits per heavy atom. The third kappa shape index (κ3) is 2.12. The molecule has 1 aromatic rings. The highest BCUT2D eigenvalue weighted by Gasteiger charge is 2.35. The molecule has 18 heavy (non-hydrogen) atoms. The van der Waals surface area contributed by atoms with Crippen molar-refractivity contribution >= 4 is 0 Å². The maximum Gasteiger partial charge on any atom is 0.127 e. The van der Waals surface area contributed by atoms with Gasteiger partial charge in [0.2, 0.25) is 0 Å². The van der Waals surface area contributed by atoms with Crippen molar-refractivity contribution in [1.29, 1.82) is 0 Å². The van der Waals surface area contributed by atoms with Crippen LogP contribution in [-0.4, -0.2) is 10.7 Å². The summed E-state index contributed by atoms with van der Waals surface area (Å²) < 4.78 is 6.06. The van der Waals surface area contributed by atoms with Crippen LogP contribution in [0, 0.1) is 0 Å². The quantitative estimate of drug-likeness (QED) is 0.818. The number of allylic oxidation sites excluding steroid dienone is 1. The monoisotopic (exact) mass is 246 g/mol. The zero-order valence-corrected chi connectivity index (χ0v) is 11.7. The Bertz CT molecular complexity index is 484. The van der Waals surface area contributed by atoms with Gasteiger partial charge in [-0.2, -0.15) is 0 Å². The SMILES string of the molecule is C=CCc1cc(O)c(C(C)C)c2c1OC(C)(C)C2. The Hall–Kier alpha value is -1.44. The van der Waals surface area contributed by atoms with E-state index in [1.54, 1.807) is 0 Å². The number of phenols is 1. The number of ether oxygens (including phenoxy) is 1. The molecule has 0 bridgehead atoms.